The number of benzene rings is 1. The van der Waals surface area contributed by atoms with Gasteiger partial charge in [-0.05, 0) is 18.4 Å². The third kappa shape index (κ3) is 2.83. The Hall–Kier alpha value is -2.30. The second-order valence-electron chi connectivity index (χ2n) is 6.42. The van der Waals surface area contributed by atoms with Crippen molar-refractivity contribution in [2.75, 3.05) is 6.54 Å². The van der Waals surface area contributed by atoms with E-state index in [0.29, 0.717) is 6.54 Å². The number of hydrogen-bond donors (Lipinski definition) is 1. The molecular formula is C18H21NO4. The number of carbonyl (C=O) groups is 2. The number of carboxylic acid groups (broad SMARTS) is 1. The lowest BCUT2D eigenvalue weighted by Gasteiger charge is -2.49. The second-order valence-corrected chi connectivity index (χ2v) is 6.42. The fourth-order valence-corrected chi connectivity index (χ4v) is 3.77. The van der Waals surface area contributed by atoms with Crippen molar-refractivity contribution in [2.24, 2.45) is 17.8 Å². The number of carbonyl (C=O) groups excluding carboxylic acids is 1. The predicted octanol–water partition coefficient (Wildman–Crippen LogP) is 2.92. The Kier molecular flexibility index (Phi) is 4.11. The molecule has 4 rings (SSSR count). The van der Waals surface area contributed by atoms with E-state index in [1.165, 1.54) is 5.57 Å². The van der Waals surface area contributed by atoms with Crippen LogP contribution in [0.5, 0.6) is 0 Å². The highest BCUT2D eigenvalue weighted by atomic mass is 16.6. The van der Waals surface area contributed by atoms with E-state index in [4.69, 9.17) is 4.74 Å². The van der Waals surface area contributed by atoms with Gasteiger partial charge in [-0.2, -0.15) is 0 Å². The van der Waals surface area contributed by atoms with E-state index in [2.05, 4.69) is 0 Å². The minimum atomic E-state index is -0.850. The van der Waals surface area contributed by atoms with Crippen LogP contribution in [0.25, 0.3) is 0 Å². The molecule has 5 nitrogen and oxygen atoms in total. The molecule has 0 radical (unpaired) electrons. The van der Waals surface area contributed by atoms with Crippen molar-refractivity contribution in [3.05, 3.63) is 47.5 Å². The Morgan fingerprint density at radius 2 is 2.00 bits per heavy atom. The number of rotatable bonds is 3. The van der Waals surface area contributed by atoms with Crippen LogP contribution in [0.1, 0.15) is 19.4 Å². The predicted molar refractivity (Wildman–Crippen MR) is 84.7 cm³/mol. The van der Waals surface area contributed by atoms with E-state index in [9.17, 15) is 14.7 Å². The third-order valence-electron chi connectivity index (χ3n) is 5.07. The summed E-state index contributed by atoms with van der Waals surface area (Å²) in [7, 11) is 0. The average Bonchev–Trinajstić information content (AvgIpc) is 2.53. The molecular weight excluding hydrogens is 294 g/mol. The number of fused-ring (bicyclic) bond motifs is 2. The zero-order valence-electron chi connectivity index (χ0n) is 13.3. The van der Waals surface area contributed by atoms with Crippen LogP contribution in [-0.4, -0.2) is 34.7 Å². The van der Waals surface area contributed by atoms with E-state index in [1.807, 2.05) is 50.3 Å². The van der Waals surface area contributed by atoms with Gasteiger partial charge in [0.15, 0.2) is 0 Å². The van der Waals surface area contributed by atoms with Gasteiger partial charge in [-0.3, -0.25) is 4.79 Å². The van der Waals surface area contributed by atoms with Gasteiger partial charge in [-0.25, -0.2) is 4.79 Å². The number of piperidine rings is 1. The van der Waals surface area contributed by atoms with Crippen molar-refractivity contribution in [2.45, 2.75) is 26.5 Å². The maximum absolute atomic E-state index is 12.4. The average molecular weight is 315 g/mol. The molecule has 23 heavy (non-hydrogen) atoms. The summed E-state index contributed by atoms with van der Waals surface area (Å²) in [5.74, 6) is -1.30. The van der Waals surface area contributed by atoms with Crippen molar-refractivity contribution in [1.29, 1.82) is 0 Å². The lowest BCUT2D eigenvalue weighted by atomic mass is 9.67. The lowest BCUT2D eigenvalue weighted by molar-refractivity contribution is -0.149. The SMILES string of the molecule is CC1=C[C@@H]2[C@H](C(=O)O)[C@@H](C)[C@H]1CN2C(=O)OCc1ccccc1. The van der Waals surface area contributed by atoms with Gasteiger partial charge in [0, 0.05) is 12.5 Å². The van der Waals surface area contributed by atoms with Gasteiger partial charge in [-0.1, -0.05) is 48.9 Å². The smallest absolute Gasteiger partial charge is 0.410 e. The number of aliphatic carboxylic acids is 1. The quantitative estimate of drug-likeness (QED) is 0.871. The molecule has 5 heteroatoms. The van der Waals surface area contributed by atoms with Gasteiger partial charge < -0.3 is 14.7 Å². The summed E-state index contributed by atoms with van der Waals surface area (Å²) in [5, 5.41) is 9.52. The van der Waals surface area contributed by atoms with Crippen LogP contribution in [0.3, 0.4) is 0 Å². The van der Waals surface area contributed by atoms with Crippen LogP contribution in [0.15, 0.2) is 42.0 Å². The van der Waals surface area contributed by atoms with E-state index in [1.54, 1.807) is 4.90 Å². The molecule has 4 atom stereocenters. The van der Waals surface area contributed by atoms with Crippen LogP contribution in [0, 0.1) is 17.8 Å². The van der Waals surface area contributed by atoms with Crippen LogP contribution in [-0.2, 0) is 16.1 Å². The van der Waals surface area contributed by atoms with Gasteiger partial charge in [-0.15, -0.1) is 0 Å². The van der Waals surface area contributed by atoms with Crippen molar-refractivity contribution in [3.8, 4) is 0 Å². The number of carboxylic acids is 1. The van der Waals surface area contributed by atoms with Crippen LogP contribution < -0.4 is 0 Å². The Balaban J connectivity index is 1.73. The number of ether oxygens (including phenoxy) is 1. The summed E-state index contributed by atoms with van der Waals surface area (Å²) in [4.78, 5) is 25.6. The lowest BCUT2D eigenvalue weighted by Crippen LogP contribution is -2.59. The molecule has 2 bridgehead atoms. The summed E-state index contributed by atoms with van der Waals surface area (Å²) in [6.45, 7) is 4.70. The zero-order chi connectivity index (χ0) is 16.6. The molecule has 1 aromatic rings. The van der Waals surface area contributed by atoms with Crippen LogP contribution >= 0.6 is 0 Å². The Labute approximate surface area is 135 Å². The highest BCUT2D eigenvalue weighted by Gasteiger charge is 2.50. The number of nitrogens with zero attached hydrogens (tertiary/aromatic N) is 1. The summed E-state index contributed by atoms with van der Waals surface area (Å²) in [6.07, 6.45) is 1.47. The first-order valence-corrected chi connectivity index (χ1v) is 7.87. The zero-order valence-corrected chi connectivity index (χ0v) is 13.3. The molecule has 1 aromatic carbocycles. The first-order valence-electron chi connectivity index (χ1n) is 7.87. The third-order valence-corrected chi connectivity index (χ3v) is 5.07. The number of hydrogen-bond acceptors (Lipinski definition) is 3. The van der Waals surface area contributed by atoms with E-state index in [0.717, 1.165) is 5.56 Å². The minimum absolute atomic E-state index is 0.0284. The fraction of sp³-hybridized carbons (Fsp3) is 0.444. The van der Waals surface area contributed by atoms with Gasteiger partial charge in [0.1, 0.15) is 6.61 Å². The summed E-state index contributed by atoms with van der Waals surface area (Å²) in [6, 6.07) is 9.04. The minimum Gasteiger partial charge on any atom is -0.481 e. The molecule has 0 aromatic heterocycles. The molecule has 0 saturated carbocycles. The van der Waals surface area contributed by atoms with E-state index in [-0.39, 0.29) is 18.4 Å². The molecule has 0 unspecified atom stereocenters. The molecule has 122 valence electrons. The molecule has 2 aliphatic heterocycles. The maximum atomic E-state index is 12.4. The summed E-state index contributed by atoms with van der Waals surface area (Å²) in [5.41, 5.74) is 2.09. The molecule has 1 aliphatic carbocycles. The Morgan fingerprint density at radius 3 is 2.65 bits per heavy atom. The van der Waals surface area contributed by atoms with Crippen molar-refractivity contribution >= 4 is 12.1 Å². The largest absolute Gasteiger partial charge is 0.481 e. The Morgan fingerprint density at radius 1 is 1.30 bits per heavy atom. The first-order chi connectivity index (χ1) is 11.0. The molecule has 1 saturated heterocycles. The topological polar surface area (TPSA) is 66.8 Å². The second kappa shape index (κ2) is 6.07. The van der Waals surface area contributed by atoms with Gasteiger partial charge in [0.2, 0.25) is 0 Å². The Bertz CT molecular complexity index is 640. The molecule has 2 heterocycles. The van der Waals surface area contributed by atoms with Crippen molar-refractivity contribution in [1.82, 2.24) is 4.90 Å². The van der Waals surface area contributed by atoms with Crippen molar-refractivity contribution < 1.29 is 19.4 Å². The molecule has 1 amide bonds. The summed E-state index contributed by atoms with van der Waals surface area (Å²) >= 11 is 0. The highest BCUT2D eigenvalue weighted by Crippen LogP contribution is 2.43. The van der Waals surface area contributed by atoms with Crippen LogP contribution in [0.4, 0.5) is 4.79 Å². The van der Waals surface area contributed by atoms with E-state index >= 15 is 0 Å². The molecule has 1 fully saturated rings. The standard InChI is InChI=1S/C18H21NO4/c1-11-8-15-16(17(20)21)12(2)14(11)9-19(15)18(22)23-10-13-6-4-3-5-7-13/h3-8,12,14-16H,9-10H2,1-2H3,(H,20,21)/t12-,14-,15+,16+/m0/s1. The van der Waals surface area contributed by atoms with Crippen LogP contribution in [0.2, 0.25) is 0 Å². The molecule has 3 aliphatic rings. The summed E-state index contributed by atoms with van der Waals surface area (Å²) < 4.78 is 5.38. The first kappa shape index (κ1) is 15.6. The van der Waals surface area contributed by atoms with Gasteiger partial charge in [0.25, 0.3) is 0 Å². The normalized spacial score (nSPS) is 29.1. The van der Waals surface area contributed by atoms with Crippen molar-refractivity contribution in [3.63, 3.8) is 0 Å². The maximum Gasteiger partial charge on any atom is 0.410 e. The number of amides is 1. The van der Waals surface area contributed by atoms with Gasteiger partial charge >= 0.3 is 12.1 Å². The highest BCUT2D eigenvalue weighted by molar-refractivity contribution is 5.76. The molecule has 0 spiro atoms. The van der Waals surface area contributed by atoms with E-state index < -0.39 is 24.0 Å². The fourth-order valence-electron chi connectivity index (χ4n) is 3.77. The monoisotopic (exact) mass is 315 g/mol. The molecule has 1 N–H and O–H groups in total. The van der Waals surface area contributed by atoms with Gasteiger partial charge in [0.05, 0.1) is 12.0 Å².